The Balaban J connectivity index is 2.01. The smallest absolute Gasteiger partial charge is 0.134 e. The quantitative estimate of drug-likeness (QED) is 0.811. The lowest BCUT2D eigenvalue weighted by atomic mass is 9.93. The van der Waals surface area contributed by atoms with Crippen molar-refractivity contribution in [2.75, 3.05) is 0 Å². The summed E-state index contributed by atoms with van der Waals surface area (Å²) in [5.74, 6) is 2.14. The Morgan fingerprint density at radius 3 is 2.76 bits per heavy atom. The van der Waals surface area contributed by atoms with Crippen molar-refractivity contribution in [3.8, 4) is 0 Å². The predicted molar refractivity (Wildman–Crippen MR) is 70.1 cm³/mol. The van der Waals surface area contributed by atoms with Crippen LogP contribution < -0.4 is 5.73 Å². The fraction of sp³-hybridized carbons (Fsp3) is 0.467. The van der Waals surface area contributed by atoms with E-state index >= 15 is 0 Å². The van der Waals surface area contributed by atoms with Gasteiger partial charge < -0.3 is 10.2 Å². The third-order valence-corrected chi connectivity index (χ3v) is 4.18. The van der Waals surface area contributed by atoms with Crippen molar-refractivity contribution in [2.24, 2.45) is 11.7 Å². The predicted octanol–water partition coefficient (Wildman–Crippen LogP) is 3.58. The molecule has 1 fully saturated rings. The molecule has 1 heterocycles. The molecule has 1 aliphatic carbocycles. The molecule has 17 heavy (non-hydrogen) atoms. The lowest BCUT2D eigenvalue weighted by Crippen LogP contribution is -2.24. The fourth-order valence-corrected chi connectivity index (χ4v) is 2.96. The van der Waals surface area contributed by atoms with E-state index in [1.165, 1.54) is 10.9 Å². The molecule has 0 amide bonds. The molecule has 3 atom stereocenters. The molecule has 1 aliphatic rings. The third kappa shape index (κ3) is 1.77. The first-order valence-corrected chi connectivity index (χ1v) is 6.41. The molecule has 3 unspecified atom stereocenters. The Kier molecular flexibility index (Phi) is 2.48. The Bertz CT molecular complexity index is 543. The summed E-state index contributed by atoms with van der Waals surface area (Å²) in [5.41, 5.74) is 8.36. The molecule has 2 heteroatoms. The van der Waals surface area contributed by atoms with Gasteiger partial charge in [-0.25, -0.2) is 0 Å². The van der Waals surface area contributed by atoms with E-state index in [2.05, 4.69) is 38.1 Å². The van der Waals surface area contributed by atoms with Gasteiger partial charge in [-0.15, -0.1) is 0 Å². The van der Waals surface area contributed by atoms with Crippen LogP contribution in [0.5, 0.6) is 0 Å². The summed E-state index contributed by atoms with van der Waals surface area (Å²) in [4.78, 5) is 0. The van der Waals surface area contributed by atoms with Gasteiger partial charge in [-0.2, -0.15) is 0 Å². The number of rotatable bonds is 1. The zero-order valence-corrected chi connectivity index (χ0v) is 10.4. The molecule has 1 saturated carbocycles. The number of furan rings is 1. The van der Waals surface area contributed by atoms with E-state index in [0.29, 0.717) is 17.9 Å². The highest BCUT2D eigenvalue weighted by Crippen LogP contribution is 2.40. The summed E-state index contributed by atoms with van der Waals surface area (Å²) in [6, 6.07) is 8.87. The maximum absolute atomic E-state index is 6.08. The molecular formula is C15H19NO. The van der Waals surface area contributed by atoms with Crippen LogP contribution in [0.2, 0.25) is 0 Å². The normalized spacial score (nSPS) is 29.0. The van der Waals surface area contributed by atoms with Crippen LogP contribution in [-0.4, -0.2) is 6.04 Å². The largest absolute Gasteiger partial charge is 0.461 e. The minimum absolute atomic E-state index is 0.329. The molecule has 3 rings (SSSR count). The van der Waals surface area contributed by atoms with E-state index in [0.717, 1.165) is 24.2 Å². The highest BCUT2D eigenvalue weighted by atomic mass is 16.3. The van der Waals surface area contributed by atoms with Crippen molar-refractivity contribution in [3.05, 3.63) is 35.6 Å². The molecule has 2 N–H and O–H groups in total. The van der Waals surface area contributed by atoms with E-state index in [1.807, 2.05) is 0 Å². The van der Waals surface area contributed by atoms with Gasteiger partial charge in [-0.05, 0) is 43.9 Å². The van der Waals surface area contributed by atoms with Gasteiger partial charge in [-0.3, -0.25) is 0 Å². The zero-order valence-electron chi connectivity index (χ0n) is 10.4. The summed E-state index contributed by atoms with van der Waals surface area (Å²) in [5, 5.41) is 1.22. The first-order valence-electron chi connectivity index (χ1n) is 6.41. The van der Waals surface area contributed by atoms with Gasteiger partial charge in [0.1, 0.15) is 11.3 Å². The highest BCUT2D eigenvalue weighted by Gasteiger charge is 2.33. The highest BCUT2D eigenvalue weighted by molar-refractivity contribution is 5.78. The fourth-order valence-electron chi connectivity index (χ4n) is 2.96. The summed E-state index contributed by atoms with van der Waals surface area (Å²) in [6.45, 7) is 4.35. The lowest BCUT2D eigenvalue weighted by Gasteiger charge is -2.15. The van der Waals surface area contributed by atoms with Gasteiger partial charge in [0.05, 0.1) is 0 Å². The molecular weight excluding hydrogens is 210 g/mol. The van der Waals surface area contributed by atoms with Crippen LogP contribution >= 0.6 is 0 Å². The topological polar surface area (TPSA) is 39.2 Å². The molecule has 1 aromatic heterocycles. The van der Waals surface area contributed by atoms with E-state index in [1.54, 1.807) is 0 Å². The summed E-state index contributed by atoms with van der Waals surface area (Å²) in [7, 11) is 0. The average molecular weight is 229 g/mol. The van der Waals surface area contributed by atoms with E-state index in [-0.39, 0.29) is 0 Å². The van der Waals surface area contributed by atoms with Crippen LogP contribution in [0.15, 0.2) is 28.7 Å². The monoisotopic (exact) mass is 229 g/mol. The van der Waals surface area contributed by atoms with Crippen molar-refractivity contribution >= 4 is 11.0 Å². The molecule has 0 aliphatic heterocycles. The summed E-state index contributed by atoms with van der Waals surface area (Å²) < 4.78 is 5.97. The maximum Gasteiger partial charge on any atom is 0.134 e. The first kappa shape index (κ1) is 10.8. The third-order valence-electron chi connectivity index (χ3n) is 4.18. The van der Waals surface area contributed by atoms with Gasteiger partial charge in [0.25, 0.3) is 0 Å². The first-order chi connectivity index (χ1) is 8.15. The SMILES string of the molecule is Cc1ccc2oc(C3CCC(N)C3C)cc2c1. The second-order valence-corrected chi connectivity index (χ2v) is 5.40. The van der Waals surface area contributed by atoms with Crippen molar-refractivity contribution in [1.82, 2.24) is 0 Å². The van der Waals surface area contributed by atoms with Gasteiger partial charge in [0.15, 0.2) is 0 Å². The van der Waals surface area contributed by atoms with E-state index in [4.69, 9.17) is 10.2 Å². The van der Waals surface area contributed by atoms with Crippen LogP contribution in [0.1, 0.15) is 37.0 Å². The van der Waals surface area contributed by atoms with Crippen LogP contribution in [0.3, 0.4) is 0 Å². The molecule has 0 radical (unpaired) electrons. The van der Waals surface area contributed by atoms with Crippen LogP contribution in [0.25, 0.3) is 11.0 Å². The number of hydrogen-bond donors (Lipinski definition) is 1. The van der Waals surface area contributed by atoms with Crippen molar-refractivity contribution in [1.29, 1.82) is 0 Å². The van der Waals surface area contributed by atoms with Gasteiger partial charge in [0.2, 0.25) is 0 Å². The van der Waals surface area contributed by atoms with Crippen LogP contribution in [-0.2, 0) is 0 Å². The Morgan fingerprint density at radius 2 is 2.06 bits per heavy atom. The van der Waals surface area contributed by atoms with E-state index < -0.39 is 0 Å². The molecule has 0 saturated heterocycles. The van der Waals surface area contributed by atoms with Gasteiger partial charge in [-0.1, -0.05) is 18.6 Å². The number of aryl methyl sites for hydroxylation is 1. The van der Waals surface area contributed by atoms with Crippen LogP contribution in [0, 0.1) is 12.8 Å². The zero-order chi connectivity index (χ0) is 12.0. The number of benzene rings is 1. The summed E-state index contributed by atoms with van der Waals surface area (Å²) in [6.07, 6.45) is 2.27. The minimum Gasteiger partial charge on any atom is -0.461 e. The molecule has 2 aromatic rings. The molecule has 0 bridgehead atoms. The number of hydrogen-bond acceptors (Lipinski definition) is 2. The lowest BCUT2D eigenvalue weighted by molar-refractivity contribution is 0.412. The van der Waals surface area contributed by atoms with Gasteiger partial charge in [0, 0.05) is 17.3 Å². The Morgan fingerprint density at radius 1 is 1.24 bits per heavy atom. The van der Waals surface area contributed by atoms with E-state index in [9.17, 15) is 0 Å². The molecule has 90 valence electrons. The van der Waals surface area contributed by atoms with Crippen LogP contribution in [0.4, 0.5) is 0 Å². The molecule has 2 nitrogen and oxygen atoms in total. The Hall–Kier alpha value is -1.28. The molecule has 1 aromatic carbocycles. The Labute approximate surface area is 102 Å². The number of nitrogens with two attached hydrogens (primary N) is 1. The van der Waals surface area contributed by atoms with Gasteiger partial charge >= 0.3 is 0 Å². The standard InChI is InChI=1S/C15H19NO/c1-9-3-6-14-11(7-9)8-15(17-14)12-4-5-13(16)10(12)2/h3,6-8,10,12-13H,4-5,16H2,1-2H3. The maximum atomic E-state index is 6.08. The van der Waals surface area contributed by atoms with Crippen molar-refractivity contribution in [3.63, 3.8) is 0 Å². The second-order valence-electron chi connectivity index (χ2n) is 5.40. The number of fused-ring (bicyclic) bond motifs is 1. The second kappa shape index (κ2) is 3.88. The van der Waals surface area contributed by atoms with Crippen molar-refractivity contribution in [2.45, 2.75) is 38.6 Å². The van der Waals surface area contributed by atoms with Crippen molar-refractivity contribution < 1.29 is 4.42 Å². The average Bonchev–Trinajstić information content (AvgIpc) is 2.83. The molecule has 0 spiro atoms. The summed E-state index contributed by atoms with van der Waals surface area (Å²) >= 11 is 0. The minimum atomic E-state index is 0.329.